The van der Waals surface area contributed by atoms with E-state index >= 15 is 0 Å². The summed E-state index contributed by atoms with van der Waals surface area (Å²) in [6.07, 6.45) is 3.96. The average molecular weight is 264 g/mol. The zero-order valence-electron chi connectivity index (χ0n) is 11.1. The van der Waals surface area contributed by atoms with E-state index in [2.05, 4.69) is 22.1 Å². The number of rotatable bonds is 7. The van der Waals surface area contributed by atoms with Crippen molar-refractivity contribution >= 4 is 17.5 Å². The minimum Gasteiger partial charge on any atom is -0.478 e. The molecule has 104 valence electrons. The first-order chi connectivity index (χ1) is 9.11. The quantitative estimate of drug-likeness (QED) is 0.686. The molecule has 0 amide bonds. The summed E-state index contributed by atoms with van der Waals surface area (Å²) in [7, 11) is 0. The summed E-state index contributed by atoms with van der Waals surface area (Å²) < 4.78 is 0. The Morgan fingerprint density at radius 2 is 2.37 bits per heavy atom. The van der Waals surface area contributed by atoms with Crippen LogP contribution in [-0.2, 0) is 0 Å². The lowest BCUT2D eigenvalue weighted by Gasteiger charge is -2.20. The van der Waals surface area contributed by atoms with Crippen molar-refractivity contribution in [3.05, 3.63) is 17.8 Å². The van der Waals surface area contributed by atoms with E-state index in [0.29, 0.717) is 5.82 Å². The smallest absolute Gasteiger partial charge is 0.337 e. The second kappa shape index (κ2) is 5.88. The molecule has 1 aliphatic carbocycles. The third-order valence-corrected chi connectivity index (χ3v) is 3.34. The zero-order valence-corrected chi connectivity index (χ0v) is 11.1. The Bertz CT molecular complexity index is 460. The summed E-state index contributed by atoms with van der Waals surface area (Å²) in [6.45, 7) is 4.89. The van der Waals surface area contributed by atoms with Gasteiger partial charge in [-0.25, -0.2) is 9.78 Å². The molecule has 0 saturated heterocycles. The number of carboxylic acids is 1. The van der Waals surface area contributed by atoms with Gasteiger partial charge in [0.2, 0.25) is 0 Å². The van der Waals surface area contributed by atoms with Gasteiger partial charge in [0.15, 0.2) is 0 Å². The molecule has 6 nitrogen and oxygen atoms in total. The van der Waals surface area contributed by atoms with Crippen LogP contribution in [-0.4, -0.2) is 46.6 Å². The molecular weight excluding hydrogens is 244 g/mol. The van der Waals surface area contributed by atoms with E-state index in [1.165, 1.54) is 25.1 Å². The van der Waals surface area contributed by atoms with Crippen LogP contribution >= 0.6 is 0 Å². The molecule has 19 heavy (non-hydrogen) atoms. The number of hydrogen-bond acceptors (Lipinski definition) is 5. The van der Waals surface area contributed by atoms with E-state index in [4.69, 9.17) is 10.8 Å². The number of aromatic carboxylic acids is 1. The van der Waals surface area contributed by atoms with Gasteiger partial charge in [0, 0.05) is 19.1 Å². The zero-order chi connectivity index (χ0) is 13.8. The largest absolute Gasteiger partial charge is 0.478 e. The number of nitrogens with two attached hydrogens (primary N) is 1. The number of nitrogens with zero attached hydrogens (tertiary/aromatic N) is 2. The number of hydrogen-bond donors (Lipinski definition) is 3. The predicted molar refractivity (Wildman–Crippen MR) is 74.4 cm³/mol. The summed E-state index contributed by atoms with van der Waals surface area (Å²) in [5, 5.41) is 12.1. The molecule has 0 aliphatic heterocycles. The van der Waals surface area contributed by atoms with Crippen molar-refractivity contribution in [2.24, 2.45) is 0 Å². The lowest BCUT2D eigenvalue weighted by molar-refractivity contribution is 0.0698. The van der Waals surface area contributed by atoms with Gasteiger partial charge < -0.3 is 16.2 Å². The van der Waals surface area contributed by atoms with Crippen LogP contribution in [0.3, 0.4) is 0 Å². The molecule has 0 aromatic carbocycles. The van der Waals surface area contributed by atoms with Crippen molar-refractivity contribution in [3.63, 3.8) is 0 Å². The Labute approximate surface area is 112 Å². The molecule has 2 rings (SSSR count). The maximum Gasteiger partial charge on any atom is 0.337 e. The normalized spacial score (nSPS) is 14.6. The molecule has 0 unspecified atom stereocenters. The van der Waals surface area contributed by atoms with Crippen LogP contribution in [0.15, 0.2) is 12.3 Å². The highest BCUT2D eigenvalue weighted by molar-refractivity contribution is 5.94. The Hall–Kier alpha value is -1.82. The fraction of sp³-hybridized carbons (Fsp3) is 0.538. The number of carbonyl (C=O) groups is 1. The van der Waals surface area contributed by atoms with Gasteiger partial charge in [0.05, 0.1) is 17.4 Å². The monoisotopic (exact) mass is 264 g/mol. The Morgan fingerprint density at radius 1 is 1.63 bits per heavy atom. The SMILES string of the molecule is CCN(CCNc1cc(C(=O)O)c(N)cn1)C1CC1. The standard InChI is InChI=1S/C13H20N4O2/c1-2-17(9-3-4-9)6-5-15-12-7-10(13(18)19)11(14)8-16-12/h7-9H,2-6,14H2,1H3,(H,15,16)(H,18,19). The molecule has 0 bridgehead atoms. The van der Waals surface area contributed by atoms with E-state index in [1.54, 1.807) is 0 Å². The minimum absolute atomic E-state index is 0.0899. The molecule has 0 spiro atoms. The number of carboxylic acid groups (broad SMARTS) is 1. The van der Waals surface area contributed by atoms with Crippen molar-refractivity contribution in [3.8, 4) is 0 Å². The topological polar surface area (TPSA) is 91.5 Å². The van der Waals surface area contributed by atoms with Gasteiger partial charge in [-0.2, -0.15) is 0 Å². The minimum atomic E-state index is -1.03. The van der Waals surface area contributed by atoms with Gasteiger partial charge in [0.1, 0.15) is 5.82 Å². The van der Waals surface area contributed by atoms with Gasteiger partial charge in [-0.1, -0.05) is 6.92 Å². The Balaban J connectivity index is 1.88. The van der Waals surface area contributed by atoms with Crippen molar-refractivity contribution in [2.45, 2.75) is 25.8 Å². The Morgan fingerprint density at radius 3 is 2.95 bits per heavy atom. The van der Waals surface area contributed by atoms with Crippen molar-refractivity contribution in [1.82, 2.24) is 9.88 Å². The summed E-state index contributed by atoms with van der Waals surface area (Å²) >= 11 is 0. The molecule has 0 atom stereocenters. The van der Waals surface area contributed by atoms with Crippen LogP contribution < -0.4 is 11.1 Å². The maximum atomic E-state index is 11.0. The van der Waals surface area contributed by atoms with Crippen LogP contribution in [0.25, 0.3) is 0 Å². The number of pyridine rings is 1. The average Bonchev–Trinajstić information content (AvgIpc) is 3.20. The lowest BCUT2D eigenvalue weighted by atomic mass is 10.2. The van der Waals surface area contributed by atoms with E-state index in [0.717, 1.165) is 25.7 Å². The fourth-order valence-corrected chi connectivity index (χ4v) is 2.11. The van der Waals surface area contributed by atoms with Crippen LogP contribution in [0.4, 0.5) is 11.5 Å². The van der Waals surface area contributed by atoms with Gasteiger partial charge in [-0.3, -0.25) is 4.90 Å². The summed E-state index contributed by atoms with van der Waals surface area (Å²) in [6, 6.07) is 2.21. The lowest BCUT2D eigenvalue weighted by Crippen LogP contribution is -2.31. The number of nitrogens with one attached hydrogen (secondary N) is 1. The van der Waals surface area contributed by atoms with E-state index < -0.39 is 5.97 Å². The molecule has 4 N–H and O–H groups in total. The molecule has 1 aromatic heterocycles. The van der Waals surface area contributed by atoms with Crippen molar-refractivity contribution in [2.75, 3.05) is 30.7 Å². The molecule has 6 heteroatoms. The predicted octanol–water partition coefficient (Wildman–Crippen LogP) is 1.26. The second-order valence-electron chi connectivity index (χ2n) is 4.75. The highest BCUT2D eigenvalue weighted by Gasteiger charge is 2.27. The second-order valence-corrected chi connectivity index (χ2v) is 4.75. The van der Waals surface area contributed by atoms with Gasteiger partial charge in [-0.15, -0.1) is 0 Å². The van der Waals surface area contributed by atoms with E-state index in [9.17, 15) is 4.79 Å². The summed E-state index contributed by atoms with van der Waals surface area (Å²) in [5.41, 5.74) is 5.83. The first kappa shape index (κ1) is 13.6. The number of likely N-dealkylation sites (N-methyl/N-ethyl adjacent to an activating group) is 1. The molecule has 1 saturated carbocycles. The fourth-order valence-electron chi connectivity index (χ4n) is 2.11. The van der Waals surface area contributed by atoms with Gasteiger partial charge in [-0.05, 0) is 25.5 Å². The molecule has 1 aromatic rings. The molecule has 1 aliphatic rings. The number of aromatic nitrogens is 1. The molecule has 0 radical (unpaired) electrons. The van der Waals surface area contributed by atoms with Crippen LogP contribution in [0.1, 0.15) is 30.1 Å². The van der Waals surface area contributed by atoms with Crippen LogP contribution in [0.5, 0.6) is 0 Å². The van der Waals surface area contributed by atoms with Crippen molar-refractivity contribution in [1.29, 1.82) is 0 Å². The summed E-state index contributed by atoms with van der Waals surface area (Å²) in [5.74, 6) is -0.477. The summed E-state index contributed by atoms with van der Waals surface area (Å²) in [4.78, 5) is 17.5. The van der Waals surface area contributed by atoms with Crippen LogP contribution in [0.2, 0.25) is 0 Å². The highest BCUT2D eigenvalue weighted by Crippen LogP contribution is 2.26. The first-order valence-electron chi connectivity index (χ1n) is 6.58. The third-order valence-electron chi connectivity index (χ3n) is 3.34. The third kappa shape index (κ3) is 3.57. The van der Waals surface area contributed by atoms with Crippen molar-refractivity contribution < 1.29 is 9.90 Å². The maximum absolute atomic E-state index is 11.0. The van der Waals surface area contributed by atoms with Gasteiger partial charge in [0.25, 0.3) is 0 Å². The van der Waals surface area contributed by atoms with Crippen LogP contribution in [0, 0.1) is 0 Å². The first-order valence-corrected chi connectivity index (χ1v) is 6.58. The number of anilines is 2. The number of nitrogen functional groups attached to an aromatic ring is 1. The molecule has 1 heterocycles. The van der Waals surface area contributed by atoms with E-state index in [1.807, 2.05) is 0 Å². The highest BCUT2D eigenvalue weighted by atomic mass is 16.4. The molecule has 1 fully saturated rings. The molecular formula is C13H20N4O2. The van der Waals surface area contributed by atoms with Gasteiger partial charge >= 0.3 is 5.97 Å². The van der Waals surface area contributed by atoms with E-state index in [-0.39, 0.29) is 11.3 Å². The Kier molecular flexibility index (Phi) is 4.21.